The molecule has 0 aliphatic carbocycles. The Labute approximate surface area is 163 Å². The van der Waals surface area contributed by atoms with Crippen molar-refractivity contribution in [2.45, 2.75) is 33.6 Å². The first-order chi connectivity index (χ1) is 13.0. The second-order valence-corrected chi connectivity index (χ2v) is 7.65. The number of anilines is 2. The molecule has 0 bridgehead atoms. The van der Waals surface area contributed by atoms with Crippen molar-refractivity contribution in [3.8, 4) is 10.6 Å². The van der Waals surface area contributed by atoms with Crippen LogP contribution in [0.25, 0.3) is 10.6 Å². The molecule has 0 aliphatic rings. The minimum atomic E-state index is -0.335. The molecule has 0 spiro atoms. The number of amides is 2. The zero-order valence-electron chi connectivity index (χ0n) is 15.7. The van der Waals surface area contributed by atoms with Crippen LogP contribution in [0.3, 0.4) is 0 Å². The molecule has 2 heterocycles. The molecule has 2 aromatic heterocycles. The van der Waals surface area contributed by atoms with Gasteiger partial charge in [0, 0.05) is 23.1 Å². The summed E-state index contributed by atoms with van der Waals surface area (Å²) in [7, 11) is 0. The molecule has 3 aromatic rings. The van der Waals surface area contributed by atoms with Crippen LogP contribution in [0.1, 0.15) is 32.0 Å². The summed E-state index contributed by atoms with van der Waals surface area (Å²) >= 11 is 1.33. The molecule has 0 fully saturated rings. The normalized spacial score (nSPS) is 10.8. The molecule has 1 aromatic carbocycles. The summed E-state index contributed by atoms with van der Waals surface area (Å²) in [6, 6.07) is 11.4. The minimum Gasteiger partial charge on any atom is -0.308 e. The van der Waals surface area contributed by atoms with Crippen molar-refractivity contribution in [2.75, 3.05) is 10.6 Å². The highest BCUT2D eigenvalue weighted by Gasteiger charge is 2.10. The second kappa shape index (κ2) is 8.73. The molecule has 0 radical (unpaired) electrons. The lowest BCUT2D eigenvalue weighted by Crippen LogP contribution is -2.19. The molecular weight excluding hydrogens is 358 g/mol. The van der Waals surface area contributed by atoms with E-state index in [0.717, 1.165) is 34.8 Å². The highest BCUT2D eigenvalue weighted by Crippen LogP contribution is 2.26. The van der Waals surface area contributed by atoms with Gasteiger partial charge in [-0.05, 0) is 48.6 Å². The van der Waals surface area contributed by atoms with Crippen molar-refractivity contribution in [1.29, 1.82) is 0 Å². The van der Waals surface area contributed by atoms with E-state index in [-0.39, 0.29) is 6.03 Å². The molecule has 7 heteroatoms. The van der Waals surface area contributed by atoms with Crippen LogP contribution in [0.4, 0.5) is 15.6 Å². The van der Waals surface area contributed by atoms with Gasteiger partial charge in [-0.1, -0.05) is 44.2 Å². The standard InChI is InChI=1S/C20H23N5OS/c1-4-16-12-15(9-10-21-16)18-24-25-20(27-18)23-19(26)22-17-7-5-14(6-8-17)11-13(2)3/h5-10,12-13H,4,11H2,1-3H3,(H2,22,23,25,26). The van der Waals surface area contributed by atoms with Crippen molar-refractivity contribution in [1.82, 2.24) is 15.2 Å². The maximum atomic E-state index is 12.2. The van der Waals surface area contributed by atoms with Gasteiger partial charge < -0.3 is 5.32 Å². The Morgan fingerprint density at radius 2 is 1.89 bits per heavy atom. The van der Waals surface area contributed by atoms with Crippen molar-refractivity contribution in [2.24, 2.45) is 5.92 Å². The number of carbonyl (C=O) groups excluding carboxylic acids is 1. The number of aryl methyl sites for hydroxylation is 1. The number of rotatable bonds is 6. The molecule has 0 aliphatic heterocycles. The second-order valence-electron chi connectivity index (χ2n) is 6.68. The summed E-state index contributed by atoms with van der Waals surface area (Å²) in [5.74, 6) is 0.604. The van der Waals surface area contributed by atoms with Crippen molar-refractivity contribution in [3.05, 3.63) is 53.9 Å². The topological polar surface area (TPSA) is 79.8 Å². The molecule has 140 valence electrons. The van der Waals surface area contributed by atoms with Crippen LogP contribution >= 0.6 is 11.3 Å². The van der Waals surface area contributed by atoms with Crippen LogP contribution in [0.15, 0.2) is 42.6 Å². The van der Waals surface area contributed by atoms with Crippen LogP contribution < -0.4 is 10.6 Å². The third-order valence-corrected chi connectivity index (χ3v) is 4.81. The molecule has 0 saturated heterocycles. The largest absolute Gasteiger partial charge is 0.325 e. The first-order valence-corrected chi connectivity index (χ1v) is 9.81. The number of pyridine rings is 1. The quantitative estimate of drug-likeness (QED) is 0.629. The molecule has 2 amide bonds. The van der Waals surface area contributed by atoms with Gasteiger partial charge in [-0.3, -0.25) is 10.3 Å². The van der Waals surface area contributed by atoms with Gasteiger partial charge in [-0.25, -0.2) is 4.79 Å². The van der Waals surface area contributed by atoms with E-state index in [4.69, 9.17) is 0 Å². The number of nitrogens with zero attached hydrogens (tertiary/aromatic N) is 3. The van der Waals surface area contributed by atoms with Crippen molar-refractivity contribution < 1.29 is 4.79 Å². The SMILES string of the molecule is CCc1cc(-c2nnc(NC(=O)Nc3ccc(CC(C)C)cc3)s2)ccn1. The Morgan fingerprint density at radius 3 is 2.59 bits per heavy atom. The van der Waals surface area contributed by atoms with E-state index in [1.54, 1.807) is 6.20 Å². The van der Waals surface area contributed by atoms with Crippen LogP contribution in [0.2, 0.25) is 0 Å². The Hall–Kier alpha value is -2.80. The summed E-state index contributed by atoms with van der Waals surface area (Å²) in [5.41, 5.74) is 3.95. The van der Waals surface area contributed by atoms with E-state index >= 15 is 0 Å². The molecule has 27 heavy (non-hydrogen) atoms. The number of urea groups is 1. The third kappa shape index (κ3) is 5.34. The highest BCUT2D eigenvalue weighted by molar-refractivity contribution is 7.18. The van der Waals surface area contributed by atoms with Gasteiger partial charge in [0.05, 0.1) is 0 Å². The van der Waals surface area contributed by atoms with E-state index in [0.29, 0.717) is 11.0 Å². The Morgan fingerprint density at radius 1 is 1.11 bits per heavy atom. The fraction of sp³-hybridized carbons (Fsp3) is 0.300. The predicted octanol–water partition coefficient (Wildman–Crippen LogP) is 5.01. The Bertz CT molecular complexity index is 905. The van der Waals surface area contributed by atoms with Gasteiger partial charge in [0.15, 0.2) is 0 Å². The lowest BCUT2D eigenvalue weighted by molar-refractivity contribution is 0.262. The lowest BCUT2D eigenvalue weighted by Gasteiger charge is -2.08. The van der Waals surface area contributed by atoms with Crippen LogP contribution in [-0.4, -0.2) is 21.2 Å². The first-order valence-electron chi connectivity index (χ1n) is 8.99. The van der Waals surface area contributed by atoms with Gasteiger partial charge in [0.2, 0.25) is 5.13 Å². The van der Waals surface area contributed by atoms with E-state index in [1.165, 1.54) is 16.9 Å². The first kappa shape index (κ1) is 19.0. The number of benzene rings is 1. The smallest absolute Gasteiger partial charge is 0.308 e. The minimum absolute atomic E-state index is 0.335. The molecular formula is C20H23N5OS. The summed E-state index contributed by atoms with van der Waals surface area (Å²) in [6.45, 7) is 6.43. The summed E-state index contributed by atoms with van der Waals surface area (Å²) in [5, 5.41) is 15.0. The number of hydrogen-bond donors (Lipinski definition) is 2. The molecule has 0 saturated carbocycles. The highest BCUT2D eigenvalue weighted by atomic mass is 32.1. The fourth-order valence-corrected chi connectivity index (χ4v) is 3.38. The lowest BCUT2D eigenvalue weighted by atomic mass is 10.0. The van der Waals surface area contributed by atoms with Crippen LogP contribution in [-0.2, 0) is 12.8 Å². The van der Waals surface area contributed by atoms with Crippen molar-refractivity contribution >= 4 is 28.2 Å². The van der Waals surface area contributed by atoms with E-state index in [2.05, 4.69) is 46.6 Å². The van der Waals surface area contributed by atoms with Gasteiger partial charge in [0.1, 0.15) is 5.01 Å². The maximum Gasteiger partial charge on any atom is 0.325 e. The monoisotopic (exact) mass is 381 g/mol. The fourth-order valence-electron chi connectivity index (χ4n) is 2.65. The van der Waals surface area contributed by atoms with Crippen molar-refractivity contribution in [3.63, 3.8) is 0 Å². The molecule has 0 unspecified atom stereocenters. The molecule has 6 nitrogen and oxygen atoms in total. The number of hydrogen-bond acceptors (Lipinski definition) is 5. The van der Waals surface area contributed by atoms with Gasteiger partial charge in [0.25, 0.3) is 0 Å². The summed E-state index contributed by atoms with van der Waals surface area (Å²) < 4.78 is 0. The van der Waals surface area contributed by atoms with Crippen LogP contribution in [0.5, 0.6) is 0 Å². The zero-order chi connectivity index (χ0) is 19.2. The maximum absolute atomic E-state index is 12.2. The molecule has 3 rings (SSSR count). The van der Waals surface area contributed by atoms with Crippen LogP contribution in [0, 0.1) is 5.92 Å². The number of carbonyl (C=O) groups is 1. The Kier molecular flexibility index (Phi) is 6.13. The van der Waals surface area contributed by atoms with E-state index in [9.17, 15) is 4.79 Å². The number of aromatic nitrogens is 3. The van der Waals surface area contributed by atoms with E-state index in [1.807, 2.05) is 36.4 Å². The van der Waals surface area contributed by atoms with Gasteiger partial charge >= 0.3 is 6.03 Å². The van der Waals surface area contributed by atoms with Gasteiger partial charge in [-0.2, -0.15) is 0 Å². The Balaban J connectivity index is 1.60. The predicted molar refractivity (Wildman–Crippen MR) is 110 cm³/mol. The molecule has 2 N–H and O–H groups in total. The zero-order valence-corrected chi connectivity index (χ0v) is 16.5. The average Bonchev–Trinajstić information content (AvgIpc) is 3.11. The summed E-state index contributed by atoms with van der Waals surface area (Å²) in [6.07, 6.45) is 3.64. The molecule has 0 atom stereocenters. The van der Waals surface area contributed by atoms with Gasteiger partial charge in [-0.15, -0.1) is 10.2 Å². The van der Waals surface area contributed by atoms with E-state index < -0.39 is 0 Å². The third-order valence-electron chi connectivity index (χ3n) is 3.93. The number of nitrogens with one attached hydrogen (secondary N) is 2. The summed E-state index contributed by atoms with van der Waals surface area (Å²) in [4.78, 5) is 16.5. The average molecular weight is 382 g/mol.